The average molecular weight is 465 g/mol. The third-order valence-electron chi connectivity index (χ3n) is 5.47. The average Bonchev–Trinajstić information content (AvgIpc) is 3.47. The van der Waals surface area contributed by atoms with Gasteiger partial charge in [0, 0.05) is 18.2 Å². The summed E-state index contributed by atoms with van der Waals surface area (Å²) in [5, 5.41) is 5.26. The van der Waals surface area contributed by atoms with E-state index in [1.807, 2.05) is 31.2 Å². The summed E-state index contributed by atoms with van der Waals surface area (Å²) in [4.78, 5) is 22.6. The summed E-state index contributed by atoms with van der Waals surface area (Å²) in [6.07, 6.45) is 3.01. The predicted octanol–water partition coefficient (Wildman–Crippen LogP) is 4.97. The molecule has 1 aliphatic rings. The molecule has 5 rings (SSSR count). The molecule has 2 aromatic carbocycles. The van der Waals surface area contributed by atoms with Crippen molar-refractivity contribution < 1.29 is 14.0 Å². The van der Waals surface area contributed by atoms with Crippen LogP contribution in [0.25, 0.3) is 22.3 Å². The van der Waals surface area contributed by atoms with Gasteiger partial charge in [0.2, 0.25) is 18.5 Å². The highest BCUT2D eigenvalue weighted by Gasteiger charge is 2.20. The molecule has 4 aromatic rings. The molecule has 0 atom stereocenters. The molecule has 0 N–H and O–H groups in total. The Hall–Kier alpha value is -3.33. The lowest BCUT2D eigenvalue weighted by Crippen LogP contribution is -2.23. The maximum absolute atomic E-state index is 13.3. The largest absolute Gasteiger partial charge is 0.454 e. The van der Waals surface area contributed by atoms with E-state index in [0.717, 1.165) is 30.4 Å². The standard InChI is InChI=1S/C24H24N4O4S/c1-3-4-5-9-28-23(29)17-11-19-20(31-14-30-19)12-18(17)25-24(28)33-13-21-26-22(27-32-21)16-8-6-7-15(2)10-16/h6-8,10-12H,3-5,9,13-14H2,1-2H3. The van der Waals surface area contributed by atoms with Crippen LogP contribution in [0.15, 0.2) is 50.9 Å². The van der Waals surface area contributed by atoms with Crippen LogP contribution in [0.5, 0.6) is 11.5 Å². The van der Waals surface area contributed by atoms with Crippen LogP contribution in [0, 0.1) is 6.92 Å². The SMILES string of the molecule is CCCCCn1c(SCc2nc(-c3cccc(C)c3)no2)nc2cc3c(cc2c1=O)OCO3. The van der Waals surface area contributed by atoms with E-state index in [4.69, 9.17) is 19.0 Å². The molecule has 8 nitrogen and oxygen atoms in total. The molecule has 9 heteroatoms. The van der Waals surface area contributed by atoms with Crippen molar-refractivity contribution in [1.82, 2.24) is 19.7 Å². The Kier molecular flexibility index (Phi) is 6.04. The number of benzene rings is 2. The second-order valence-electron chi connectivity index (χ2n) is 7.95. The smallest absolute Gasteiger partial charge is 0.262 e. The minimum Gasteiger partial charge on any atom is -0.454 e. The number of aromatic nitrogens is 4. The van der Waals surface area contributed by atoms with Crippen LogP contribution in [0.3, 0.4) is 0 Å². The van der Waals surface area contributed by atoms with Crippen LogP contribution >= 0.6 is 11.8 Å². The van der Waals surface area contributed by atoms with Crippen molar-refractivity contribution in [2.24, 2.45) is 0 Å². The summed E-state index contributed by atoms with van der Waals surface area (Å²) in [6, 6.07) is 11.5. The molecule has 2 aromatic heterocycles. The summed E-state index contributed by atoms with van der Waals surface area (Å²) in [7, 11) is 0. The summed E-state index contributed by atoms with van der Waals surface area (Å²) >= 11 is 1.42. The monoisotopic (exact) mass is 464 g/mol. The third kappa shape index (κ3) is 4.45. The van der Waals surface area contributed by atoms with Gasteiger partial charge in [-0.3, -0.25) is 9.36 Å². The number of fused-ring (bicyclic) bond motifs is 2. The Bertz CT molecular complexity index is 1360. The van der Waals surface area contributed by atoms with Gasteiger partial charge < -0.3 is 14.0 Å². The van der Waals surface area contributed by atoms with Gasteiger partial charge in [0.25, 0.3) is 5.56 Å². The molecular weight excluding hydrogens is 440 g/mol. The van der Waals surface area contributed by atoms with E-state index in [1.54, 1.807) is 16.7 Å². The van der Waals surface area contributed by atoms with E-state index >= 15 is 0 Å². The van der Waals surface area contributed by atoms with Gasteiger partial charge in [-0.15, -0.1) is 0 Å². The van der Waals surface area contributed by atoms with Crippen molar-refractivity contribution in [3.05, 3.63) is 58.2 Å². The van der Waals surface area contributed by atoms with Crippen molar-refractivity contribution in [3.8, 4) is 22.9 Å². The molecule has 0 saturated carbocycles. The van der Waals surface area contributed by atoms with Gasteiger partial charge in [0.15, 0.2) is 16.7 Å². The molecule has 0 aliphatic carbocycles. The first kappa shape index (κ1) is 21.5. The number of thioether (sulfide) groups is 1. The Labute approximate surface area is 194 Å². The number of unbranched alkanes of at least 4 members (excludes halogenated alkanes) is 2. The number of hydrogen-bond acceptors (Lipinski definition) is 8. The van der Waals surface area contributed by atoms with Crippen molar-refractivity contribution >= 4 is 22.7 Å². The zero-order valence-corrected chi connectivity index (χ0v) is 19.4. The van der Waals surface area contributed by atoms with Gasteiger partial charge in [-0.25, -0.2) is 4.98 Å². The van der Waals surface area contributed by atoms with E-state index in [9.17, 15) is 4.79 Å². The van der Waals surface area contributed by atoms with Crippen LogP contribution in [0.1, 0.15) is 37.6 Å². The molecule has 33 heavy (non-hydrogen) atoms. The molecule has 3 heterocycles. The Balaban J connectivity index is 1.44. The Morgan fingerprint density at radius 3 is 2.76 bits per heavy atom. The molecular formula is C24H24N4O4S. The van der Waals surface area contributed by atoms with Crippen LogP contribution in [-0.4, -0.2) is 26.5 Å². The van der Waals surface area contributed by atoms with E-state index < -0.39 is 0 Å². The number of rotatable bonds is 8. The quantitative estimate of drug-likeness (QED) is 0.205. The van der Waals surface area contributed by atoms with Crippen molar-refractivity contribution in [2.75, 3.05) is 6.79 Å². The highest BCUT2D eigenvalue weighted by atomic mass is 32.2. The fraction of sp³-hybridized carbons (Fsp3) is 0.333. The van der Waals surface area contributed by atoms with Gasteiger partial charge in [-0.05, 0) is 25.5 Å². The lowest BCUT2D eigenvalue weighted by molar-refractivity contribution is 0.174. The number of aryl methyl sites for hydroxylation is 1. The molecule has 0 fully saturated rings. The van der Waals surface area contributed by atoms with Crippen LogP contribution in [0.4, 0.5) is 0 Å². The number of nitrogens with zero attached hydrogens (tertiary/aromatic N) is 4. The third-order valence-corrected chi connectivity index (χ3v) is 6.43. The normalized spacial score (nSPS) is 12.5. The van der Waals surface area contributed by atoms with Gasteiger partial charge in [-0.2, -0.15) is 4.98 Å². The van der Waals surface area contributed by atoms with Crippen molar-refractivity contribution in [2.45, 2.75) is 50.6 Å². The summed E-state index contributed by atoms with van der Waals surface area (Å²) in [6.45, 7) is 4.92. The van der Waals surface area contributed by atoms with E-state index in [-0.39, 0.29) is 12.4 Å². The van der Waals surface area contributed by atoms with Gasteiger partial charge in [0.1, 0.15) is 0 Å². The topological polar surface area (TPSA) is 92.3 Å². The first-order valence-corrected chi connectivity index (χ1v) is 12.0. The molecule has 0 unspecified atom stereocenters. The van der Waals surface area contributed by atoms with Crippen LogP contribution in [0.2, 0.25) is 0 Å². The highest BCUT2D eigenvalue weighted by molar-refractivity contribution is 7.98. The molecule has 170 valence electrons. The minimum atomic E-state index is -0.0807. The van der Waals surface area contributed by atoms with E-state index in [1.165, 1.54) is 11.8 Å². The van der Waals surface area contributed by atoms with Crippen molar-refractivity contribution in [3.63, 3.8) is 0 Å². The van der Waals surface area contributed by atoms with Gasteiger partial charge >= 0.3 is 0 Å². The lowest BCUT2D eigenvalue weighted by atomic mass is 10.1. The first-order chi connectivity index (χ1) is 16.1. The molecule has 0 radical (unpaired) electrons. The molecule has 0 bridgehead atoms. The molecule has 1 aliphatic heterocycles. The fourth-order valence-electron chi connectivity index (χ4n) is 3.76. The zero-order chi connectivity index (χ0) is 22.8. The van der Waals surface area contributed by atoms with Crippen molar-refractivity contribution in [1.29, 1.82) is 0 Å². The fourth-order valence-corrected chi connectivity index (χ4v) is 4.62. The number of ether oxygens (including phenoxy) is 2. The second-order valence-corrected chi connectivity index (χ2v) is 8.89. The molecule has 0 spiro atoms. The Morgan fingerprint density at radius 2 is 1.94 bits per heavy atom. The maximum atomic E-state index is 13.3. The predicted molar refractivity (Wildman–Crippen MR) is 126 cm³/mol. The van der Waals surface area contributed by atoms with E-state index in [0.29, 0.717) is 51.6 Å². The summed E-state index contributed by atoms with van der Waals surface area (Å²) in [5.74, 6) is 2.63. The van der Waals surface area contributed by atoms with E-state index in [2.05, 4.69) is 17.1 Å². The minimum absolute atomic E-state index is 0.0807. The highest BCUT2D eigenvalue weighted by Crippen LogP contribution is 2.35. The zero-order valence-electron chi connectivity index (χ0n) is 18.5. The maximum Gasteiger partial charge on any atom is 0.262 e. The van der Waals surface area contributed by atoms with Crippen LogP contribution in [-0.2, 0) is 12.3 Å². The number of hydrogen-bond donors (Lipinski definition) is 0. The lowest BCUT2D eigenvalue weighted by Gasteiger charge is -2.12. The molecule has 0 amide bonds. The Morgan fingerprint density at radius 1 is 1.09 bits per heavy atom. The summed E-state index contributed by atoms with van der Waals surface area (Å²) < 4.78 is 18.1. The van der Waals surface area contributed by atoms with Crippen LogP contribution < -0.4 is 15.0 Å². The molecule has 0 saturated heterocycles. The van der Waals surface area contributed by atoms with Gasteiger partial charge in [-0.1, -0.05) is 60.4 Å². The summed E-state index contributed by atoms with van der Waals surface area (Å²) in [5.41, 5.74) is 2.55. The van der Waals surface area contributed by atoms with Gasteiger partial charge in [0.05, 0.1) is 16.7 Å². The second kappa shape index (κ2) is 9.27. The first-order valence-electron chi connectivity index (χ1n) is 11.0.